The first kappa shape index (κ1) is 13.7. The fourth-order valence-electron chi connectivity index (χ4n) is 2.86. The highest BCUT2D eigenvalue weighted by atomic mass is 16.5. The van der Waals surface area contributed by atoms with E-state index in [1.807, 2.05) is 36.4 Å². The van der Waals surface area contributed by atoms with E-state index in [1.165, 1.54) is 5.56 Å². The smallest absolute Gasteiger partial charge is 0.167 e. The van der Waals surface area contributed by atoms with Gasteiger partial charge in [0.15, 0.2) is 5.78 Å². The fraction of sp³-hybridized carbons (Fsp3) is 0.278. The van der Waals surface area contributed by atoms with Gasteiger partial charge in [-0.1, -0.05) is 30.3 Å². The van der Waals surface area contributed by atoms with Gasteiger partial charge in [0.05, 0.1) is 12.8 Å². The number of ketones is 1. The summed E-state index contributed by atoms with van der Waals surface area (Å²) < 4.78 is 5.31. The van der Waals surface area contributed by atoms with Gasteiger partial charge in [-0.05, 0) is 24.6 Å². The van der Waals surface area contributed by atoms with E-state index >= 15 is 0 Å². The number of methoxy groups -OCH3 is 1. The molecule has 0 spiro atoms. The molecule has 3 rings (SSSR count). The van der Waals surface area contributed by atoms with Crippen LogP contribution in [0.1, 0.15) is 29.3 Å². The SMILES string of the molecule is COc1ccc2c(c1)N(Cc1ccccc1)C(C)CC2=O. The third-order valence-electron chi connectivity index (χ3n) is 4.02. The van der Waals surface area contributed by atoms with Crippen LogP contribution in [0.5, 0.6) is 5.75 Å². The minimum Gasteiger partial charge on any atom is -0.497 e. The largest absolute Gasteiger partial charge is 0.497 e. The van der Waals surface area contributed by atoms with Crippen molar-refractivity contribution in [2.75, 3.05) is 12.0 Å². The number of nitrogens with zero attached hydrogens (tertiary/aromatic N) is 1. The first-order chi connectivity index (χ1) is 10.2. The van der Waals surface area contributed by atoms with E-state index in [-0.39, 0.29) is 11.8 Å². The van der Waals surface area contributed by atoms with E-state index in [1.54, 1.807) is 7.11 Å². The summed E-state index contributed by atoms with van der Waals surface area (Å²) in [5.41, 5.74) is 3.01. The molecule has 0 aliphatic carbocycles. The lowest BCUT2D eigenvalue weighted by Crippen LogP contribution is -2.39. The number of rotatable bonds is 3. The van der Waals surface area contributed by atoms with Gasteiger partial charge in [0.1, 0.15) is 5.75 Å². The minimum atomic E-state index is 0.192. The van der Waals surface area contributed by atoms with Crippen molar-refractivity contribution >= 4 is 11.5 Å². The molecule has 21 heavy (non-hydrogen) atoms. The number of ether oxygens (including phenoxy) is 1. The van der Waals surface area contributed by atoms with Crippen LogP contribution in [0.2, 0.25) is 0 Å². The molecular formula is C18H19NO2. The van der Waals surface area contributed by atoms with Crippen LogP contribution in [-0.4, -0.2) is 18.9 Å². The molecule has 1 unspecified atom stereocenters. The van der Waals surface area contributed by atoms with Gasteiger partial charge < -0.3 is 9.64 Å². The highest BCUT2D eigenvalue weighted by Gasteiger charge is 2.28. The van der Waals surface area contributed by atoms with Crippen LogP contribution in [0.3, 0.4) is 0 Å². The van der Waals surface area contributed by atoms with E-state index in [0.29, 0.717) is 6.42 Å². The standard InChI is InChI=1S/C18H19NO2/c1-13-10-18(20)16-9-8-15(21-2)11-17(16)19(13)12-14-6-4-3-5-7-14/h3-9,11,13H,10,12H2,1-2H3. The molecule has 0 saturated heterocycles. The zero-order chi connectivity index (χ0) is 14.8. The third kappa shape index (κ3) is 2.64. The molecule has 1 aliphatic rings. The number of carbonyl (C=O) groups excluding carboxylic acids is 1. The van der Waals surface area contributed by atoms with Gasteiger partial charge in [-0.25, -0.2) is 0 Å². The van der Waals surface area contributed by atoms with Crippen molar-refractivity contribution in [2.45, 2.75) is 25.9 Å². The first-order valence-electron chi connectivity index (χ1n) is 7.21. The Morgan fingerprint density at radius 3 is 2.67 bits per heavy atom. The maximum absolute atomic E-state index is 12.2. The number of hydrogen-bond acceptors (Lipinski definition) is 3. The summed E-state index contributed by atoms with van der Waals surface area (Å²) in [6, 6.07) is 16.2. The van der Waals surface area contributed by atoms with Crippen LogP contribution >= 0.6 is 0 Å². The summed E-state index contributed by atoms with van der Waals surface area (Å²) in [6.45, 7) is 2.90. The molecule has 1 heterocycles. The highest BCUT2D eigenvalue weighted by Crippen LogP contribution is 2.34. The van der Waals surface area contributed by atoms with Gasteiger partial charge in [0.2, 0.25) is 0 Å². The predicted molar refractivity (Wildman–Crippen MR) is 84.0 cm³/mol. The summed E-state index contributed by atoms with van der Waals surface area (Å²) in [7, 11) is 1.65. The van der Waals surface area contributed by atoms with Gasteiger partial charge >= 0.3 is 0 Å². The Kier molecular flexibility index (Phi) is 3.65. The van der Waals surface area contributed by atoms with Gasteiger partial charge in [0, 0.05) is 30.6 Å². The molecule has 0 fully saturated rings. The summed E-state index contributed by atoms with van der Waals surface area (Å²) >= 11 is 0. The number of benzene rings is 2. The lowest BCUT2D eigenvalue weighted by Gasteiger charge is -2.36. The lowest BCUT2D eigenvalue weighted by molar-refractivity contribution is 0.0968. The van der Waals surface area contributed by atoms with Crippen molar-refractivity contribution in [2.24, 2.45) is 0 Å². The van der Waals surface area contributed by atoms with Gasteiger partial charge in [-0.3, -0.25) is 4.79 Å². The second-order valence-electron chi connectivity index (χ2n) is 5.47. The number of carbonyl (C=O) groups is 1. The fourth-order valence-corrected chi connectivity index (χ4v) is 2.86. The molecule has 0 saturated carbocycles. The Morgan fingerprint density at radius 1 is 1.19 bits per heavy atom. The second kappa shape index (κ2) is 5.60. The Bertz CT molecular complexity index is 652. The molecule has 1 atom stereocenters. The first-order valence-corrected chi connectivity index (χ1v) is 7.21. The highest BCUT2D eigenvalue weighted by molar-refractivity contribution is 6.04. The molecule has 3 nitrogen and oxygen atoms in total. The predicted octanol–water partition coefficient (Wildman–Crippen LogP) is 3.68. The third-order valence-corrected chi connectivity index (χ3v) is 4.02. The average molecular weight is 281 g/mol. The number of fused-ring (bicyclic) bond motifs is 1. The summed E-state index contributed by atoms with van der Waals surface area (Å²) in [4.78, 5) is 14.5. The number of anilines is 1. The number of hydrogen-bond donors (Lipinski definition) is 0. The van der Waals surface area contributed by atoms with Crippen molar-refractivity contribution in [3.63, 3.8) is 0 Å². The average Bonchev–Trinajstić information content (AvgIpc) is 2.52. The van der Waals surface area contributed by atoms with Crippen LogP contribution in [0, 0.1) is 0 Å². The van der Waals surface area contributed by atoms with Crippen molar-refractivity contribution in [1.29, 1.82) is 0 Å². The van der Waals surface area contributed by atoms with Crippen LogP contribution in [-0.2, 0) is 6.54 Å². The van der Waals surface area contributed by atoms with Gasteiger partial charge in [-0.15, -0.1) is 0 Å². The molecule has 2 aromatic rings. The number of Topliss-reactive ketones (excluding diaryl/α,β-unsaturated/α-hetero) is 1. The summed E-state index contributed by atoms with van der Waals surface area (Å²) in [6.07, 6.45) is 0.562. The molecule has 1 aliphatic heterocycles. The molecule has 0 bridgehead atoms. The molecule has 0 radical (unpaired) electrons. The van der Waals surface area contributed by atoms with Crippen LogP contribution in [0.4, 0.5) is 5.69 Å². The van der Waals surface area contributed by atoms with Crippen LogP contribution in [0.25, 0.3) is 0 Å². The summed E-state index contributed by atoms with van der Waals surface area (Å²) in [5.74, 6) is 0.998. The second-order valence-corrected chi connectivity index (χ2v) is 5.47. The Morgan fingerprint density at radius 2 is 1.95 bits per heavy atom. The molecule has 3 heteroatoms. The Balaban J connectivity index is 2.00. The quantitative estimate of drug-likeness (QED) is 0.859. The lowest BCUT2D eigenvalue weighted by atomic mass is 9.94. The summed E-state index contributed by atoms with van der Waals surface area (Å²) in [5, 5.41) is 0. The van der Waals surface area contributed by atoms with Crippen molar-refractivity contribution < 1.29 is 9.53 Å². The zero-order valence-electron chi connectivity index (χ0n) is 12.4. The van der Waals surface area contributed by atoms with Gasteiger partial charge in [0.25, 0.3) is 0 Å². The Labute approximate surface area is 125 Å². The van der Waals surface area contributed by atoms with E-state index in [4.69, 9.17) is 4.74 Å². The van der Waals surface area contributed by atoms with Crippen molar-refractivity contribution in [3.8, 4) is 5.75 Å². The molecule has 0 amide bonds. The van der Waals surface area contributed by atoms with E-state index in [2.05, 4.69) is 24.0 Å². The van der Waals surface area contributed by atoms with E-state index in [9.17, 15) is 4.79 Å². The van der Waals surface area contributed by atoms with Crippen LogP contribution in [0.15, 0.2) is 48.5 Å². The van der Waals surface area contributed by atoms with E-state index in [0.717, 1.165) is 23.5 Å². The van der Waals surface area contributed by atoms with E-state index < -0.39 is 0 Å². The topological polar surface area (TPSA) is 29.5 Å². The Hall–Kier alpha value is -2.29. The van der Waals surface area contributed by atoms with Crippen molar-refractivity contribution in [1.82, 2.24) is 0 Å². The van der Waals surface area contributed by atoms with Crippen LogP contribution < -0.4 is 9.64 Å². The molecule has 2 aromatic carbocycles. The maximum Gasteiger partial charge on any atom is 0.167 e. The minimum absolute atomic E-state index is 0.192. The normalized spacial score (nSPS) is 17.5. The molecule has 108 valence electrons. The van der Waals surface area contributed by atoms with Gasteiger partial charge in [-0.2, -0.15) is 0 Å². The monoisotopic (exact) mass is 281 g/mol. The molecular weight excluding hydrogens is 262 g/mol. The maximum atomic E-state index is 12.2. The molecule has 0 aromatic heterocycles. The van der Waals surface area contributed by atoms with Crippen molar-refractivity contribution in [3.05, 3.63) is 59.7 Å². The molecule has 0 N–H and O–H groups in total. The zero-order valence-corrected chi connectivity index (χ0v) is 12.4.